The second-order valence-electron chi connectivity index (χ2n) is 5.94. The summed E-state index contributed by atoms with van der Waals surface area (Å²) in [6, 6.07) is 0. The molecule has 3 atom stereocenters. The van der Waals surface area contributed by atoms with E-state index in [1.807, 2.05) is 25.6 Å². The summed E-state index contributed by atoms with van der Waals surface area (Å²) in [5, 5.41) is 4.37. The van der Waals surface area contributed by atoms with Crippen molar-refractivity contribution in [3.63, 3.8) is 0 Å². The van der Waals surface area contributed by atoms with Crippen molar-refractivity contribution >= 4 is 22.8 Å². The van der Waals surface area contributed by atoms with E-state index < -0.39 is 0 Å². The Morgan fingerprint density at radius 3 is 2.90 bits per heavy atom. The highest BCUT2D eigenvalue weighted by atomic mass is 35.5. The quantitative estimate of drug-likeness (QED) is 0.815. The van der Waals surface area contributed by atoms with Crippen LogP contribution in [0, 0.1) is 12.8 Å². The van der Waals surface area contributed by atoms with Crippen molar-refractivity contribution in [2.24, 2.45) is 13.0 Å². The van der Waals surface area contributed by atoms with Crippen molar-refractivity contribution < 1.29 is 4.74 Å². The summed E-state index contributed by atoms with van der Waals surface area (Å²) in [7, 11) is 1.97. The van der Waals surface area contributed by atoms with Crippen LogP contribution in [0.2, 0.25) is 0 Å². The molecule has 21 heavy (non-hydrogen) atoms. The average Bonchev–Trinajstić information content (AvgIpc) is 3.08. The van der Waals surface area contributed by atoms with Crippen LogP contribution in [0.25, 0.3) is 11.2 Å². The van der Waals surface area contributed by atoms with Crippen LogP contribution < -0.4 is 0 Å². The van der Waals surface area contributed by atoms with E-state index in [2.05, 4.69) is 16.6 Å². The number of rotatable bonds is 4. The van der Waals surface area contributed by atoms with E-state index in [1.165, 1.54) is 0 Å². The molecule has 6 heteroatoms. The van der Waals surface area contributed by atoms with Crippen LogP contribution in [0.4, 0.5) is 0 Å². The Hall–Kier alpha value is -1.07. The standard InChI is InChI=1S/C15H23ClN4O/c1-5-12-11(6-7-21-12)8-20-14(9(2)16)17-13-10(3)18-19(4)15(13)20/h9,11-12H,5-8H2,1-4H3. The number of fused-ring (bicyclic) bond motifs is 1. The van der Waals surface area contributed by atoms with Crippen molar-refractivity contribution in [2.75, 3.05) is 6.61 Å². The third kappa shape index (κ3) is 2.46. The van der Waals surface area contributed by atoms with Gasteiger partial charge in [-0.15, -0.1) is 11.6 Å². The number of hydrogen-bond acceptors (Lipinski definition) is 3. The van der Waals surface area contributed by atoms with Crippen molar-refractivity contribution in [3.8, 4) is 0 Å². The smallest absolute Gasteiger partial charge is 0.158 e. The molecule has 0 amide bonds. The van der Waals surface area contributed by atoms with Crippen molar-refractivity contribution in [3.05, 3.63) is 11.5 Å². The van der Waals surface area contributed by atoms with E-state index in [4.69, 9.17) is 21.3 Å². The molecule has 3 unspecified atom stereocenters. The maximum Gasteiger partial charge on any atom is 0.158 e. The second-order valence-corrected chi connectivity index (χ2v) is 6.60. The number of aromatic nitrogens is 4. The van der Waals surface area contributed by atoms with E-state index in [0.29, 0.717) is 12.0 Å². The molecule has 1 fully saturated rings. The van der Waals surface area contributed by atoms with Crippen LogP contribution in [0.5, 0.6) is 0 Å². The molecule has 0 spiro atoms. The highest BCUT2D eigenvalue weighted by Gasteiger charge is 2.30. The maximum atomic E-state index is 6.35. The SMILES string of the molecule is CCC1OCCC1Cn1c(C(C)Cl)nc2c(C)nn(C)c21. The minimum absolute atomic E-state index is 0.112. The monoisotopic (exact) mass is 310 g/mol. The molecule has 0 aromatic carbocycles. The average molecular weight is 311 g/mol. The fourth-order valence-electron chi connectivity index (χ4n) is 3.42. The lowest BCUT2D eigenvalue weighted by Gasteiger charge is -2.19. The predicted octanol–water partition coefficient (Wildman–Crippen LogP) is 3.19. The number of imidazole rings is 1. The lowest BCUT2D eigenvalue weighted by Crippen LogP contribution is -2.22. The Morgan fingerprint density at radius 1 is 1.48 bits per heavy atom. The number of hydrogen-bond donors (Lipinski definition) is 0. The van der Waals surface area contributed by atoms with Gasteiger partial charge in [-0.3, -0.25) is 4.68 Å². The minimum atomic E-state index is -0.112. The molecule has 0 N–H and O–H groups in total. The Labute approximate surface area is 130 Å². The van der Waals surface area contributed by atoms with Crippen LogP contribution in [0.3, 0.4) is 0 Å². The molecule has 1 aliphatic heterocycles. The van der Waals surface area contributed by atoms with Gasteiger partial charge in [-0.1, -0.05) is 6.92 Å². The molecule has 5 nitrogen and oxygen atoms in total. The van der Waals surface area contributed by atoms with Crippen molar-refractivity contribution in [1.29, 1.82) is 0 Å². The van der Waals surface area contributed by atoms with E-state index in [9.17, 15) is 0 Å². The molecule has 2 aromatic rings. The first-order chi connectivity index (χ1) is 10.0. The molecule has 2 aromatic heterocycles. The number of alkyl halides is 1. The molecule has 0 bridgehead atoms. The Morgan fingerprint density at radius 2 is 2.24 bits per heavy atom. The fraction of sp³-hybridized carbons (Fsp3) is 0.733. The zero-order chi connectivity index (χ0) is 15.1. The van der Waals surface area contributed by atoms with Gasteiger partial charge in [0.15, 0.2) is 5.65 Å². The van der Waals surface area contributed by atoms with Gasteiger partial charge in [0.05, 0.1) is 17.2 Å². The maximum absolute atomic E-state index is 6.35. The first-order valence-corrected chi connectivity index (χ1v) is 8.12. The zero-order valence-corrected chi connectivity index (χ0v) is 13.9. The molecule has 1 aliphatic rings. The number of ether oxygens (including phenoxy) is 1. The molecular formula is C15H23ClN4O. The van der Waals surface area contributed by atoms with Gasteiger partial charge < -0.3 is 9.30 Å². The lowest BCUT2D eigenvalue weighted by molar-refractivity contribution is 0.0835. The van der Waals surface area contributed by atoms with Crippen LogP contribution >= 0.6 is 11.6 Å². The summed E-state index contributed by atoms with van der Waals surface area (Å²) in [6.07, 6.45) is 2.50. The second kappa shape index (κ2) is 5.61. The number of halogens is 1. The van der Waals surface area contributed by atoms with Crippen molar-refractivity contribution in [1.82, 2.24) is 19.3 Å². The topological polar surface area (TPSA) is 44.9 Å². The van der Waals surface area contributed by atoms with Crippen LogP contribution in [-0.4, -0.2) is 32.0 Å². The molecule has 3 heterocycles. The van der Waals surface area contributed by atoms with Gasteiger partial charge in [0.2, 0.25) is 0 Å². The summed E-state index contributed by atoms with van der Waals surface area (Å²) in [5.41, 5.74) is 2.99. The van der Waals surface area contributed by atoms with Gasteiger partial charge in [-0.05, 0) is 26.7 Å². The largest absolute Gasteiger partial charge is 0.378 e. The fourth-order valence-corrected chi connectivity index (χ4v) is 3.59. The van der Waals surface area contributed by atoms with Crippen LogP contribution in [0.15, 0.2) is 0 Å². The van der Waals surface area contributed by atoms with E-state index in [0.717, 1.165) is 48.7 Å². The summed E-state index contributed by atoms with van der Waals surface area (Å²) >= 11 is 6.35. The van der Waals surface area contributed by atoms with Crippen LogP contribution in [0.1, 0.15) is 43.6 Å². The van der Waals surface area contributed by atoms with Gasteiger partial charge >= 0.3 is 0 Å². The van der Waals surface area contributed by atoms with Crippen molar-refractivity contribution in [2.45, 2.75) is 51.6 Å². The summed E-state index contributed by atoms with van der Waals surface area (Å²) in [6.45, 7) is 7.92. The van der Waals surface area contributed by atoms with Gasteiger partial charge in [0, 0.05) is 26.1 Å². The van der Waals surface area contributed by atoms with Gasteiger partial charge in [0.1, 0.15) is 11.3 Å². The summed E-state index contributed by atoms with van der Waals surface area (Å²) in [4.78, 5) is 4.73. The Bertz CT molecular complexity index is 646. The highest BCUT2D eigenvalue weighted by molar-refractivity contribution is 6.20. The highest BCUT2D eigenvalue weighted by Crippen LogP contribution is 2.31. The molecule has 0 saturated carbocycles. The third-order valence-electron chi connectivity index (χ3n) is 4.44. The summed E-state index contributed by atoms with van der Waals surface area (Å²) < 4.78 is 9.98. The predicted molar refractivity (Wildman–Crippen MR) is 83.6 cm³/mol. The van der Waals surface area contributed by atoms with E-state index in [1.54, 1.807) is 0 Å². The number of aryl methyl sites for hydroxylation is 2. The first kappa shape index (κ1) is 14.9. The molecule has 116 valence electrons. The van der Waals surface area contributed by atoms with Gasteiger partial charge in [0.25, 0.3) is 0 Å². The molecule has 3 rings (SSSR count). The normalized spacial score (nSPS) is 24.0. The molecule has 0 aliphatic carbocycles. The lowest BCUT2D eigenvalue weighted by atomic mass is 9.99. The zero-order valence-electron chi connectivity index (χ0n) is 13.1. The summed E-state index contributed by atoms with van der Waals surface area (Å²) in [5.74, 6) is 1.46. The van der Waals surface area contributed by atoms with Crippen LogP contribution in [-0.2, 0) is 18.3 Å². The molecule has 0 radical (unpaired) electrons. The van der Waals surface area contributed by atoms with Gasteiger partial charge in [-0.2, -0.15) is 5.10 Å². The molecular weight excluding hydrogens is 288 g/mol. The third-order valence-corrected chi connectivity index (χ3v) is 4.64. The number of nitrogens with zero attached hydrogens (tertiary/aromatic N) is 4. The van der Waals surface area contributed by atoms with E-state index in [-0.39, 0.29) is 5.38 Å². The first-order valence-electron chi connectivity index (χ1n) is 7.68. The van der Waals surface area contributed by atoms with E-state index >= 15 is 0 Å². The minimum Gasteiger partial charge on any atom is -0.378 e. The van der Waals surface area contributed by atoms with Gasteiger partial charge in [-0.25, -0.2) is 4.98 Å². The Kier molecular flexibility index (Phi) is 3.97. The Balaban J connectivity index is 2.05. The molecule has 1 saturated heterocycles.